The molecule has 1 unspecified atom stereocenters. The van der Waals surface area contributed by atoms with Crippen LogP contribution in [0.5, 0.6) is 17.2 Å². The van der Waals surface area contributed by atoms with Gasteiger partial charge in [-0.3, -0.25) is 9.08 Å². The fourth-order valence-electron chi connectivity index (χ4n) is 4.34. The van der Waals surface area contributed by atoms with E-state index in [0.29, 0.717) is 23.7 Å². The summed E-state index contributed by atoms with van der Waals surface area (Å²) < 4.78 is 44.4. The molecule has 0 spiro atoms. The first-order valence-corrected chi connectivity index (χ1v) is 12.0. The summed E-state index contributed by atoms with van der Waals surface area (Å²) in [5.41, 5.74) is 2.11. The van der Waals surface area contributed by atoms with Crippen molar-refractivity contribution in [3.8, 4) is 17.2 Å². The Morgan fingerprint density at radius 1 is 1.00 bits per heavy atom. The number of hydrogen-bond donors (Lipinski definition) is 0. The van der Waals surface area contributed by atoms with E-state index in [0.717, 1.165) is 37.9 Å². The number of nitrogens with zero attached hydrogens (tertiary/aromatic N) is 1. The normalized spacial score (nSPS) is 19.4. The number of ether oxygens (including phenoxy) is 3. The predicted molar refractivity (Wildman–Crippen MR) is 120 cm³/mol. The Bertz CT molecular complexity index is 954. The second-order valence-corrected chi connectivity index (χ2v) is 9.56. The van der Waals surface area contributed by atoms with E-state index in [9.17, 15) is 8.42 Å². The van der Waals surface area contributed by atoms with Crippen LogP contribution in [0.15, 0.2) is 42.5 Å². The second kappa shape index (κ2) is 9.89. The SMILES string of the molecule is COc1cc(CN2CCC(CCOS(C)(=O)=O)(c3ccccc3)C2)cc(OC)c1OC. The molecule has 1 fully saturated rings. The van der Waals surface area contributed by atoms with Crippen molar-refractivity contribution in [1.29, 1.82) is 0 Å². The maximum Gasteiger partial charge on any atom is 0.264 e. The monoisotopic (exact) mass is 449 g/mol. The molecule has 7 nitrogen and oxygen atoms in total. The lowest BCUT2D eigenvalue weighted by atomic mass is 9.77. The Labute approximate surface area is 185 Å². The summed E-state index contributed by atoms with van der Waals surface area (Å²) in [7, 11) is 1.35. The molecule has 0 amide bonds. The summed E-state index contributed by atoms with van der Waals surface area (Å²) in [6.07, 6.45) is 2.65. The lowest BCUT2D eigenvalue weighted by molar-refractivity contribution is 0.246. The van der Waals surface area contributed by atoms with Gasteiger partial charge in [0.2, 0.25) is 5.75 Å². The van der Waals surface area contributed by atoms with Gasteiger partial charge in [0.15, 0.2) is 11.5 Å². The molecule has 2 aromatic rings. The fraction of sp³-hybridized carbons (Fsp3) is 0.478. The molecule has 170 valence electrons. The first-order chi connectivity index (χ1) is 14.8. The third-order valence-corrected chi connectivity index (χ3v) is 6.42. The van der Waals surface area contributed by atoms with Gasteiger partial charge < -0.3 is 14.2 Å². The van der Waals surface area contributed by atoms with Crippen LogP contribution in [0, 0.1) is 0 Å². The summed E-state index contributed by atoms with van der Waals surface area (Å²) in [5.74, 6) is 1.84. The van der Waals surface area contributed by atoms with Crippen molar-refractivity contribution in [3.05, 3.63) is 53.6 Å². The molecule has 1 saturated heterocycles. The molecule has 1 aliphatic rings. The molecular formula is C23H31NO6S. The van der Waals surface area contributed by atoms with E-state index in [1.807, 2.05) is 30.3 Å². The number of benzene rings is 2. The van der Waals surface area contributed by atoms with Crippen molar-refractivity contribution < 1.29 is 26.8 Å². The van der Waals surface area contributed by atoms with E-state index >= 15 is 0 Å². The van der Waals surface area contributed by atoms with Gasteiger partial charge in [-0.2, -0.15) is 8.42 Å². The maximum atomic E-state index is 11.5. The molecule has 1 heterocycles. The molecule has 31 heavy (non-hydrogen) atoms. The number of likely N-dealkylation sites (tertiary alicyclic amines) is 1. The largest absolute Gasteiger partial charge is 0.493 e. The zero-order valence-corrected chi connectivity index (χ0v) is 19.4. The van der Waals surface area contributed by atoms with Crippen molar-refractivity contribution in [1.82, 2.24) is 4.90 Å². The Balaban J connectivity index is 1.80. The first kappa shape index (κ1) is 23.4. The lowest BCUT2D eigenvalue weighted by Crippen LogP contribution is -2.32. The van der Waals surface area contributed by atoms with Crippen LogP contribution in [-0.4, -0.2) is 60.6 Å². The van der Waals surface area contributed by atoms with Gasteiger partial charge in [0.05, 0.1) is 34.2 Å². The predicted octanol–water partition coefficient (Wildman–Crippen LogP) is 3.22. The van der Waals surface area contributed by atoms with Crippen molar-refractivity contribution in [2.75, 3.05) is 47.3 Å². The third kappa shape index (κ3) is 5.70. The molecule has 0 saturated carbocycles. The van der Waals surface area contributed by atoms with Gasteiger partial charge >= 0.3 is 0 Å². The van der Waals surface area contributed by atoms with E-state index in [-0.39, 0.29) is 12.0 Å². The molecule has 2 aromatic carbocycles. The van der Waals surface area contributed by atoms with Crippen LogP contribution in [0.1, 0.15) is 24.0 Å². The van der Waals surface area contributed by atoms with E-state index in [1.165, 1.54) is 5.56 Å². The third-order valence-electron chi connectivity index (χ3n) is 5.83. The molecule has 0 aliphatic carbocycles. The molecule has 1 aliphatic heterocycles. The summed E-state index contributed by atoms with van der Waals surface area (Å²) in [6, 6.07) is 14.2. The molecule has 1 atom stereocenters. The smallest absolute Gasteiger partial charge is 0.264 e. The van der Waals surface area contributed by atoms with Crippen LogP contribution in [-0.2, 0) is 26.3 Å². The fourth-order valence-corrected chi connectivity index (χ4v) is 4.73. The standard InChI is InChI=1S/C23H31NO6S/c1-27-20-14-18(15-21(28-2)22(20)29-3)16-24-12-10-23(17-24,11-13-30-31(4,25)26)19-8-6-5-7-9-19/h5-9,14-15H,10-13,16-17H2,1-4H3. The zero-order valence-electron chi connectivity index (χ0n) is 18.6. The van der Waals surface area contributed by atoms with Crippen LogP contribution in [0.2, 0.25) is 0 Å². The first-order valence-electron chi connectivity index (χ1n) is 10.2. The highest BCUT2D eigenvalue weighted by Crippen LogP contribution is 2.41. The van der Waals surface area contributed by atoms with Crippen LogP contribution in [0.25, 0.3) is 0 Å². The van der Waals surface area contributed by atoms with Gasteiger partial charge in [0, 0.05) is 18.5 Å². The highest BCUT2D eigenvalue weighted by molar-refractivity contribution is 7.85. The highest BCUT2D eigenvalue weighted by Gasteiger charge is 2.39. The number of rotatable bonds is 10. The van der Waals surface area contributed by atoms with E-state index < -0.39 is 10.1 Å². The van der Waals surface area contributed by atoms with Gasteiger partial charge in [0.1, 0.15) is 0 Å². The van der Waals surface area contributed by atoms with Gasteiger partial charge in [-0.1, -0.05) is 30.3 Å². The zero-order chi connectivity index (χ0) is 22.5. The molecule has 0 aromatic heterocycles. The van der Waals surface area contributed by atoms with Gasteiger partial charge in [-0.05, 0) is 42.6 Å². The quantitative estimate of drug-likeness (QED) is 0.516. The Kier molecular flexibility index (Phi) is 7.46. The van der Waals surface area contributed by atoms with E-state index in [2.05, 4.69) is 17.0 Å². The van der Waals surface area contributed by atoms with Crippen molar-refractivity contribution in [3.63, 3.8) is 0 Å². The lowest BCUT2D eigenvalue weighted by Gasteiger charge is -2.30. The van der Waals surface area contributed by atoms with Crippen molar-refractivity contribution in [2.45, 2.75) is 24.8 Å². The van der Waals surface area contributed by atoms with Crippen LogP contribution < -0.4 is 14.2 Å². The summed E-state index contributed by atoms with van der Waals surface area (Å²) in [5, 5.41) is 0. The van der Waals surface area contributed by atoms with Gasteiger partial charge in [0.25, 0.3) is 10.1 Å². The minimum atomic E-state index is -3.46. The Hall–Kier alpha value is -2.29. The van der Waals surface area contributed by atoms with E-state index in [1.54, 1.807) is 21.3 Å². The minimum Gasteiger partial charge on any atom is -0.493 e. The summed E-state index contributed by atoms with van der Waals surface area (Å²) in [6.45, 7) is 2.59. The minimum absolute atomic E-state index is 0.160. The maximum absolute atomic E-state index is 11.5. The van der Waals surface area contributed by atoms with Gasteiger partial charge in [-0.15, -0.1) is 0 Å². The molecular weight excluding hydrogens is 418 g/mol. The Morgan fingerprint density at radius 2 is 1.65 bits per heavy atom. The summed E-state index contributed by atoms with van der Waals surface area (Å²) >= 11 is 0. The van der Waals surface area contributed by atoms with Crippen LogP contribution in [0.4, 0.5) is 0 Å². The van der Waals surface area contributed by atoms with Crippen LogP contribution >= 0.6 is 0 Å². The molecule has 0 N–H and O–H groups in total. The highest BCUT2D eigenvalue weighted by atomic mass is 32.2. The van der Waals surface area contributed by atoms with Crippen molar-refractivity contribution >= 4 is 10.1 Å². The van der Waals surface area contributed by atoms with E-state index in [4.69, 9.17) is 18.4 Å². The molecule has 3 rings (SSSR count). The topological polar surface area (TPSA) is 74.3 Å². The number of hydrogen-bond acceptors (Lipinski definition) is 7. The Morgan fingerprint density at radius 3 is 2.19 bits per heavy atom. The average Bonchev–Trinajstić information content (AvgIpc) is 3.16. The van der Waals surface area contributed by atoms with Crippen LogP contribution in [0.3, 0.4) is 0 Å². The van der Waals surface area contributed by atoms with Gasteiger partial charge in [-0.25, -0.2) is 0 Å². The summed E-state index contributed by atoms with van der Waals surface area (Å²) in [4.78, 5) is 2.37. The molecule has 8 heteroatoms. The second-order valence-electron chi connectivity index (χ2n) is 7.92. The average molecular weight is 450 g/mol. The van der Waals surface area contributed by atoms with Crippen molar-refractivity contribution in [2.24, 2.45) is 0 Å². The number of methoxy groups -OCH3 is 3. The molecule has 0 bridgehead atoms. The molecule has 0 radical (unpaired) electrons.